The van der Waals surface area contributed by atoms with Gasteiger partial charge in [-0.15, -0.1) is 0 Å². The molecule has 0 N–H and O–H groups in total. The van der Waals surface area contributed by atoms with E-state index in [9.17, 15) is 0 Å². The molecule has 0 heterocycles. The highest BCUT2D eigenvalue weighted by molar-refractivity contribution is 5.01. The Balaban J connectivity index is 2.18. The molecule has 1 rings (SSSR count). The molecule has 0 amide bonds. The van der Waals surface area contributed by atoms with Crippen molar-refractivity contribution in [2.24, 2.45) is 0 Å². The third kappa shape index (κ3) is 2.00. The highest BCUT2D eigenvalue weighted by Gasteiger charge is 2.16. The maximum absolute atomic E-state index is 2.28. The van der Waals surface area contributed by atoms with Crippen molar-refractivity contribution in [1.82, 2.24) is 0 Å². The smallest absolute Gasteiger partial charge is 0.0243 e. The Morgan fingerprint density at radius 3 is 2.11 bits per heavy atom. The van der Waals surface area contributed by atoms with Crippen molar-refractivity contribution in [3.05, 3.63) is 11.8 Å². The average molecular weight is 124 g/mol. The van der Waals surface area contributed by atoms with Crippen LogP contribution in [0.4, 0.5) is 0 Å². The van der Waals surface area contributed by atoms with E-state index in [0.29, 0.717) is 0 Å². The van der Waals surface area contributed by atoms with E-state index in [0.717, 1.165) is 0 Å². The lowest BCUT2D eigenvalue weighted by Crippen LogP contribution is -2.07. The summed E-state index contributed by atoms with van der Waals surface area (Å²) in [5, 5.41) is 0. The van der Waals surface area contributed by atoms with Crippen molar-refractivity contribution in [1.29, 1.82) is 0 Å². The van der Waals surface area contributed by atoms with Crippen LogP contribution in [-0.2, 0) is 0 Å². The minimum Gasteiger partial charge on any atom is -0.0648 e. The highest BCUT2D eigenvalue weighted by Crippen LogP contribution is 2.32. The Labute approximate surface area is 58.7 Å². The summed E-state index contributed by atoms with van der Waals surface area (Å²) in [5.41, 5.74) is 0. The fourth-order valence-corrected chi connectivity index (χ4v) is 1.38. The fourth-order valence-electron chi connectivity index (χ4n) is 1.38. The van der Waals surface area contributed by atoms with Gasteiger partial charge in [-0.05, 0) is 43.9 Å². The minimum atomic E-state index is 1.31. The molecule has 0 bridgehead atoms. The molecular formula is C9H16. The second-order valence-corrected chi connectivity index (χ2v) is 3.06. The van der Waals surface area contributed by atoms with E-state index in [1.54, 1.807) is 11.8 Å². The summed E-state index contributed by atoms with van der Waals surface area (Å²) in [5.74, 6) is 3.48. The van der Waals surface area contributed by atoms with Gasteiger partial charge in [0.15, 0.2) is 0 Å². The standard InChI is InChI=1S/C9H16/c1-3-9-6-4-8(2)5-7-9/h3-7H2,1-2H3. The molecule has 1 fully saturated rings. The third-order valence-electron chi connectivity index (χ3n) is 2.31. The molecule has 0 nitrogen and oxygen atoms in total. The molecule has 0 atom stereocenters. The van der Waals surface area contributed by atoms with Crippen molar-refractivity contribution in [2.45, 2.75) is 46.0 Å². The van der Waals surface area contributed by atoms with E-state index in [1.807, 2.05) is 0 Å². The van der Waals surface area contributed by atoms with Crippen molar-refractivity contribution >= 4 is 0 Å². The third-order valence-corrected chi connectivity index (χ3v) is 2.31. The Kier molecular flexibility index (Phi) is 2.56. The summed E-state index contributed by atoms with van der Waals surface area (Å²) in [6.07, 6.45) is 6.80. The predicted octanol–water partition coefficient (Wildman–Crippen LogP) is 3.14. The quantitative estimate of drug-likeness (QED) is 0.503. The van der Waals surface area contributed by atoms with Gasteiger partial charge in [-0.3, -0.25) is 0 Å². The highest BCUT2D eigenvalue weighted by atomic mass is 14.2. The Morgan fingerprint density at radius 2 is 1.67 bits per heavy atom. The summed E-state index contributed by atoms with van der Waals surface area (Å²) in [6.45, 7) is 4.56. The normalized spacial score (nSPS) is 24.7. The molecule has 52 valence electrons. The van der Waals surface area contributed by atoms with E-state index in [2.05, 4.69) is 13.8 Å². The van der Waals surface area contributed by atoms with Crippen molar-refractivity contribution in [3.63, 3.8) is 0 Å². The van der Waals surface area contributed by atoms with Gasteiger partial charge >= 0.3 is 0 Å². The van der Waals surface area contributed by atoms with E-state index < -0.39 is 0 Å². The summed E-state index contributed by atoms with van der Waals surface area (Å²) in [6, 6.07) is 0. The summed E-state index contributed by atoms with van der Waals surface area (Å²) in [7, 11) is 0. The van der Waals surface area contributed by atoms with Crippen LogP contribution in [-0.4, -0.2) is 0 Å². The first-order chi connectivity index (χ1) is 4.33. The van der Waals surface area contributed by atoms with Gasteiger partial charge in [0.25, 0.3) is 0 Å². The Hall–Kier alpha value is 0. The largest absolute Gasteiger partial charge is 0.0648 e. The SMILES string of the molecule is CC[C]1CC[C](C)CC1. The lowest BCUT2D eigenvalue weighted by molar-refractivity contribution is 0.547. The van der Waals surface area contributed by atoms with Crippen LogP contribution >= 0.6 is 0 Å². The summed E-state index contributed by atoms with van der Waals surface area (Å²) >= 11 is 0. The van der Waals surface area contributed by atoms with Crippen LogP contribution in [0.2, 0.25) is 0 Å². The van der Waals surface area contributed by atoms with Crippen molar-refractivity contribution in [3.8, 4) is 0 Å². The predicted molar refractivity (Wildman–Crippen MR) is 40.9 cm³/mol. The molecule has 2 radical (unpaired) electrons. The van der Waals surface area contributed by atoms with Gasteiger partial charge in [0.1, 0.15) is 0 Å². The zero-order valence-corrected chi connectivity index (χ0v) is 6.54. The Bertz CT molecular complexity index is 68.1. The van der Waals surface area contributed by atoms with Gasteiger partial charge in [0.05, 0.1) is 0 Å². The molecule has 0 saturated heterocycles. The van der Waals surface area contributed by atoms with Gasteiger partial charge in [-0.2, -0.15) is 0 Å². The topological polar surface area (TPSA) is 0 Å². The first-order valence-electron chi connectivity index (χ1n) is 3.97. The molecule has 0 aromatic heterocycles. The van der Waals surface area contributed by atoms with Crippen LogP contribution in [0.5, 0.6) is 0 Å². The molecule has 1 aliphatic carbocycles. The first kappa shape index (κ1) is 7.11. The molecule has 1 saturated carbocycles. The van der Waals surface area contributed by atoms with E-state index in [4.69, 9.17) is 0 Å². The minimum absolute atomic E-state index is 1.31. The lowest BCUT2D eigenvalue weighted by atomic mass is 9.82. The van der Waals surface area contributed by atoms with Crippen LogP contribution in [0.15, 0.2) is 0 Å². The molecular weight excluding hydrogens is 108 g/mol. The molecule has 0 unspecified atom stereocenters. The van der Waals surface area contributed by atoms with Crippen LogP contribution in [0.3, 0.4) is 0 Å². The van der Waals surface area contributed by atoms with Crippen molar-refractivity contribution < 1.29 is 0 Å². The van der Waals surface area contributed by atoms with E-state index in [1.165, 1.54) is 32.1 Å². The molecule has 1 aliphatic rings. The number of rotatable bonds is 1. The van der Waals surface area contributed by atoms with E-state index in [-0.39, 0.29) is 0 Å². The van der Waals surface area contributed by atoms with Gasteiger partial charge in [-0.25, -0.2) is 0 Å². The molecule has 0 aliphatic heterocycles. The fraction of sp³-hybridized carbons (Fsp3) is 0.778. The summed E-state index contributed by atoms with van der Waals surface area (Å²) in [4.78, 5) is 0. The van der Waals surface area contributed by atoms with Gasteiger partial charge in [-0.1, -0.05) is 13.8 Å². The van der Waals surface area contributed by atoms with Crippen molar-refractivity contribution in [2.75, 3.05) is 0 Å². The number of hydrogen-bond acceptors (Lipinski definition) is 0. The monoisotopic (exact) mass is 124 g/mol. The van der Waals surface area contributed by atoms with E-state index >= 15 is 0 Å². The molecule has 9 heavy (non-hydrogen) atoms. The maximum Gasteiger partial charge on any atom is -0.0243 e. The molecule has 0 heteroatoms. The zero-order valence-electron chi connectivity index (χ0n) is 6.54. The van der Waals surface area contributed by atoms with Gasteiger partial charge in [0.2, 0.25) is 0 Å². The second-order valence-electron chi connectivity index (χ2n) is 3.06. The van der Waals surface area contributed by atoms with Crippen LogP contribution in [0.25, 0.3) is 0 Å². The maximum atomic E-state index is 2.28. The average Bonchev–Trinajstić information content (AvgIpc) is 1.90. The van der Waals surface area contributed by atoms with Crippen LogP contribution < -0.4 is 0 Å². The summed E-state index contributed by atoms with van der Waals surface area (Å²) < 4.78 is 0. The van der Waals surface area contributed by atoms with Crippen LogP contribution in [0, 0.1) is 11.8 Å². The number of hydrogen-bond donors (Lipinski definition) is 0. The Morgan fingerprint density at radius 1 is 1.11 bits per heavy atom. The van der Waals surface area contributed by atoms with Gasteiger partial charge < -0.3 is 0 Å². The second kappa shape index (κ2) is 3.24. The van der Waals surface area contributed by atoms with Crippen LogP contribution in [0.1, 0.15) is 46.0 Å². The molecule has 0 spiro atoms. The van der Waals surface area contributed by atoms with Gasteiger partial charge in [0, 0.05) is 0 Å². The zero-order chi connectivity index (χ0) is 6.69. The first-order valence-corrected chi connectivity index (χ1v) is 3.97. The molecule has 0 aromatic rings. The lowest BCUT2D eigenvalue weighted by Gasteiger charge is -2.23. The molecule has 0 aromatic carbocycles.